The molecule has 0 aliphatic heterocycles. The first-order valence-corrected chi connectivity index (χ1v) is 8.63. The van der Waals surface area contributed by atoms with Crippen LogP contribution in [0, 0.1) is 28.5 Å². The average molecular weight is 390 g/mol. The lowest BCUT2D eigenvalue weighted by atomic mass is 9.92. The van der Waals surface area contributed by atoms with Crippen LogP contribution in [0.5, 0.6) is 0 Å². The monoisotopic (exact) mass is 390 g/mol. The van der Waals surface area contributed by atoms with Crippen LogP contribution in [-0.2, 0) is 11.0 Å². The molecule has 0 bridgehead atoms. The van der Waals surface area contributed by atoms with Crippen molar-refractivity contribution < 1.29 is 22.4 Å². The number of carbonyl (C=O) groups excluding carboxylic acids is 1. The topological polar surface area (TPSA) is 42.0 Å². The van der Waals surface area contributed by atoms with Crippen LogP contribution in [0.1, 0.15) is 37.9 Å². The molecule has 1 amide bonds. The number of nitrogens with one attached hydrogen (secondary N) is 1. The number of nitrogens with zero attached hydrogens (tertiary/aromatic N) is 1. The first-order chi connectivity index (χ1) is 13.0. The van der Waals surface area contributed by atoms with E-state index in [0.29, 0.717) is 18.4 Å². The summed E-state index contributed by atoms with van der Waals surface area (Å²) in [6.07, 6.45) is -2.60. The van der Waals surface area contributed by atoms with Gasteiger partial charge in [0.2, 0.25) is 5.91 Å². The van der Waals surface area contributed by atoms with Gasteiger partial charge in [-0.15, -0.1) is 0 Å². The highest BCUT2D eigenvalue weighted by Crippen LogP contribution is 2.65. The SMILES string of the molecule is CC1(CC#Cc2cccc(F)c2)CC1(C)C(=O)Nc1ccnc(C(F)(F)F)c1. The molecular formula is C21H18F4N2O. The van der Waals surface area contributed by atoms with E-state index in [9.17, 15) is 22.4 Å². The first kappa shape index (κ1) is 19.9. The minimum atomic E-state index is -4.58. The molecule has 3 nitrogen and oxygen atoms in total. The predicted molar refractivity (Wildman–Crippen MR) is 96.6 cm³/mol. The molecule has 146 valence electrons. The molecule has 7 heteroatoms. The normalized spacial score (nSPS) is 23.5. The number of pyridine rings is 1. The van der Waals surface area contributed by atoms with E-state index < -0.39 is 22.7 Å². The van der Waals surface area contributed by atoms with E-state index in [1.807, 2.05) is 6.92 Å². The van der Waals surface area contributed by atoms with E-state index in [4.69, 9.17) is 0 Å². The van der Waals surface area contributed by atoms with Gasteiger partial charge in [-0.2, -0.15) is 13.2 Å². The zero-order valence-corrected chi connectivity index (χ0v) is 15.3. The van der Waals surface area contributed by atoms with Crippen molar-refractivity contribution in [3.05, 3.63) is 59.7 Å². The van der Waals surface area contributed by atoms with Gasteiger partial charge in [-0.3, -0.25) is 9.78 Å². The second-order valence-electron chi connectivity index (χ2n) is 7.44. The number of hydrogen-bond acceptors (Lipinski definition) is 2. The Kier molecular flexibility index (Phi) is 4.92. The van der Waals surface area contributed by atoms with Gasteiger partial charge in [-0.05, 0) is 42.2 Å². The number of carbonyl (C=O) groups is 1. The van der Waals surface area contributed by atoms with Crippen molar-refractivity contribution in [3.8, 4) is 11.8 Å². The maximum atomic E-state index is 13.2. The van der Waals surface area contributed by atoms with Crippen LogP contribution >= 0.6 is 0 Å². The van der Waals surface area contributed by atoms with Crippen LogP contribution < -0.4 is 5.32 Å². The van der Waals surface area contributed by atoms with Gasteiger partial charge in [0, 0.05) is 23.9 Å². The largest absolute Gasteiger partial charge is 0.433 e. The summed E-state index contributed by atoms with van der Waals surface area (Å²) in [5.41, 5.74) is -1.61. The third-order valence-corrected chi connectivity index (χ3v) is 5.30. The second-order valence-corrected chi connectivity index (χ2v) is 7.44. The minimum absolute atomic E-state index is 0.0497. The molecule has 2 atom stereocenters. The summed E-state index contributed by atoms with van der Waals surface area (Å²) in [6.45, 7) is 3.67. The van der Waals surface area contributed by atoms with Gasteiger partial charge in [-0.1, -0.05) is 31.8 Å². The van der Waals surface area contributed by atoms with Crippen molar-refractivity contribution in [2.45, 2.75) is 32.9 Å². The molecule has 1 aliphatic carbocycles. The Hall–Kier alpha value is -2.88. The van der Waals surface area contributed by atoms with Crippen LogP contribution in [0.2, 0.25) is 0 Å². The number of hydrogen-bond donors (Lipinski definition) is 1. The Morgan fingerprint density at radius 2 is 2.00 bits per heavy atom. The average Bonchev–Trinajstić information content (AvgIpc) is 3.17. The summed E-state index contributed by atoms with van der Waals surface area (Å²) in [5, 5.41) is 2.55. The molecule has 1 aromatic carbocycles. The van der Waals surface area contributed by atoms with Gasteiger partial charge in [0.05, 0.1) is 5.41 Å². The van der Waals surface area contributed by atoms with Crippen LogP contribution in [0.15, 0.2) is 42.6 Å². The number of anilines is 1. The summed E-state index contributed by atoms with van der Waals surface area (Å²) in [4.78, 5) is 15.9. The minimum Gasteiger partial charge on any atom is -0.325 e. The lowest BCUT2D eigenvalue weighted by Crippen LogP contribution is -2.26. The smallest absolute Gasteiger partial charge is 0.325 e. The first-order valence-electron chi connectivity index (χ1n) is 8.63. The highest BCUT2D eigenvalue weighted by Gasteiger charge is 2.65. The Morgan fingerprint density at radius 1 is 1.25 bits per heavy atom. The summed E-state index contributed by atoms with van der Waals surface area (Å²) in [5.74, 6) is 5.13. The lowest BCUT2D eigenvalue weighted by molar-refractivity contribution is -0.141. The van der Waals surface area contributed by atoms with E-state index in [0.717, 1.165) is 12.3 Å². The third kappa shape index (κ3) is 4.01. The Morgan fingerprint density at radius 3 is 2.68 bits per heavy atom. The van der Waals surface area contributed by atoms with Gasteiger partial charge in [0.15, 0.2) is 0 Å². The van der Waals surface area contributed by atoms with Gasteiger partial charge >= 0.3 is 6.18 Å². The number of aromatic nitrogens is 1. The molecule has 0 spiro atoms. The Balaban J connectivity index is 1.67. The van der Waals surface area contributed by atoms with Crippen molar-refractivity contribution in [1.82, 2.24) is 4.98 Å². The molecule has 1 aromatic heterocycles. The molecule has 1 heterocycles. The fraction of sp³-hybridized carbons (Fsp3) is 0.333. The fourth-order valence-electron chi connectivity index (χ4n) is 3.19. The van der Waals surface area contributed by atoms with Crippen LogP contribution in [0.25, 0.3) is 0 Å². The van der Waals surface area contributed by atoms with Crippen LogP contribution in [-0.4, -0.2) is 10.9 Å². The molecule has 28 heavy (non-hydrogen) atoms. The Bertz CT molecular complexity index is 976. The zero-order valence-electron chi connectivity index (χ0n) is 15.3. The van der Waals surface area contributed by atoms with Crippen molar-refractivity contribution in [3.63, 3.8) is 0 Å². The summed E-state index contributed by atoms with van der Waals surface area (Å²) in [6, 6.07) is 8.05. The van der Waals surface area contributed by atoms with Crippen molar-refractivity contribution in [2.75, 3.05) is 5.32 Å². The molecule has 0 saturated heterocycles. The predicted octanol–water partition coefficient (Wildman–Crippen LogP) is 5.04. The standard InChI is InChI=1S/C21H18F4N2O/c1-19(9-4-6-14-5-3-7-15(22)11-14)13-20(19,2)18(28)27-16-8-10-26-17(12-16)21(23,24)25/h3,5,7-8,10-12H,9,13H2,1-2H3,(H,26,27,28). The lowest BCUT2D eigenvalue weighted by Gasteiger charge is -2.17. The molecule has 1 fully saturated rings. The van der Waals surface area contributed by atoms with Gasteiger partial charge in [-0.25, -0.2) is 4.39 Å². The second kappa shape index (κ2) is 6.93. The van der Waals surface area contributed by atoms with Gasteiger partial charge < -0.3 is 5.32 Å². The highest BCUT2D eigenvalue weighted by atomic mass is 19.4. The molecule has 1 aliphatic rings. The maximum Gasteiger partial charge on any atom is 0.433 e. The van der Waals surface area contributed by atoms with Crippen LogP contribution in [0.4, 0.5) is 23.2 Å². The summed E-state index contributed by atoms with van der Waals surface area (Å²) in [7, 11) is 0. The number of amides is 1. The molecule has 1 saturated carbocycles. The van der Waals surface area contributed by atoms with E-state index in [1.54, 1.807) is 19.1 Å². The highest BCUT2D eigenvalue weighted by molar-refractivity contribution is 5.98. The number of rotatable bonds is 3. The van der Waals surface area contributed by atoms with E-state index >= 15 is 0 Å². The Labute approximate surface area is 160 Å². The molecule has 1 N–H and O–H groups in total. The molecule has 2 unspecified atom stereocenters. The van der Waals surface area contributed by atoms with Gasteiger partial charge in [0.1, 0.15) is 11.5 Å². The third-order valence-electron chi connectivity index (χ3n) is 5.30. The zero-order chi connectivity index (χ0) is 20.6. The van der Waals surface area contributed by atoms with Gasteiger partial charge in [0.25, 0.3) is 0 Å². The summed E-state index contributed by atoms with van der Waals surface area (Å²) >= 11 is 0. The fourth-order valence-corrected chi connectivity index (χ4v) is 3.19. The number of alkyl halides is 3. The molecule has 0 radical (unpaired) electrons. The number of halogens is 4. The van der Waals surface area contributed by atoms with E-state index in [2.05, 4.69) is 22.1 Å². The van der Waals surface area contributed by atoms with E-state index in [-0.39, 0.29) is 17.4 Å². The molecule has 3 rings (SSSR count). The summed E-state index contributed by atoms with van der Waals surface area (Å²) < 4.78 is 51.5. The van der Waals surface area contributed by atoms with Crippen molar-refractivity contribution in [2.24, 2.45) is 10.8 Å². The molecule has 2 aromatic rings. The quantitative estimate of drug-likeness (QED) is 0.590. The molecular weight excluding hydrogens is 372 g/mol. The number of benzene rings is 1. The van der Waals surface area contributed by atoms with Crippen LogP contribution in [0.3, 0.4) is 0 Å². The van der Waals surface area contributed by atoms with Crippen molar-refractivity contribution >= 4 is 11.6 Å². The maximum absolute atomic E-state index is 13.2. The van der Waals surface area contributed by atoms with E-state index in [1.165, 1.54) is 18.2 Å². The van der Waals surface area contributed by atoms with Crippen molar-refractivity contribution in [1.29, 1.82) is 0 Å².